The number of halogens is 2. The minimum absolute atomic E-state index is 0. The van der Waals surface area contributed by atoms with Gasteiger partial charge in [-0.3, -0.25) is 9.59 Å². The Kier molecular flexibility index (Phi) is 8.08. The highest BCUT2D eigenvalue weighted by molar-refractivity contribution is 5.90. The van der Waals surface area contributed by atoms with Gasteiger partial charge < -0.3 is 72.8 Å². The Hall–Kier alpha value is -2.22. The molecule has 6 aliphatic carbocycles. The number of ether oxygens (including phenoxy) is 2. The molecule has 2 spiro atoms. The van der Waals surface area contributed by atoms with Gasteiger partial charge in [-0.05, 0) is 61.8 Å². The van der Waals surface area contributed by atoms with Gasteiger partial charge in [-0.1, -0.05) is 12.1 Å². The van der Waals surface area contributed by atoms with Crippen molar-refractivity contribution in [2.75, 3.05) is 40.3 Å². The number of aromatic hydroxyl groups is 2. The molecule has 2 aromatic rings. The Morgan fingerprint density at radius 1 is 0.648 bits per heavy atom. The summed E-state index contributed by atoms with van der Waals surface area (Å²) >= 11 is 0. The summed E-state index contributed by atoms with van der Waals surface area (Å²) in [6.07, 6.45) is 8.83. The van der Waals surface area contributed by atoms with Crippen molar-refractivity contribution >= 4 is 11.6 Å². The third-order valence-corrected chi connectivity index (χ3v) is 16.6. The maximum atomic E-state index is 12.8. The average molecular weight is 873 g/mol. The lowest BCUT2D eigenvalue weighted by molar-refractivity contribution is -0.950. The predicted octanol–water partition coefficient (Wildman–Crippen LogP) is -2.65. The largest absolute Gasteiger partial charge is 1.00 e. The lowest BCUT2D eigenvalue weighted by Gasteiger charge is -2.64. The molecule has 6 unspecified atom stereocenters. The Bertz CT molecular complexity index is 1850. The van der Waals surface area contributed by atoms with E-state index in [4.69, 9.17) is 9.47 Å². The molecule has 0 radical (unpaired) electrons. The number of rotatable bonds is 4. The SMILES string of the molecule is C[N@+]1(CC2CC2)CC[C@]23c4c5ccc(O)c4OC2C(=O)CCC3(O)C1C5.C[N@@+]1(CC2CC2)CC[C@]23c4c5ccc(O)c4OC2C(=O)CCC3(O)C1C5.[Br-].[Br-]. The van der Waals surface area contributed by atoms with Crippen molar-refractivity contribution in [3.63, 3.8) is 0 Å². The highest BCUT2D eigenvalue weighted by atomic mass is 79.9. The third-order valence-electron chi connectivity index (χ3n) is 16.6. The second-order valence-corrected chi connectivity index (χ2v) is 19.2. The van der Waals surface area contributed by atoms with Crippen LogP contribution in [0.5, 0.6) is 23.0 Å². The summed E-state index contributed by atoms with van der Waals surface area (Å²) in [7, 11) is 4.61. The normalized spacial score (nSPS) is 43.6. The molecule has 0 aromatic heterocycles. The van der Waals surface area contributed by atoms with Crippen molar-refractivity contribution in [3.05, 3.63) is 46.5 Å². The molecule has 4 N–H and O–H groups in total. The fourth-order valence-corrected chi connectivity index (χ4v) is 13.9. The van der Waals surface area contributed by atoms with E-state index >= 15 is 0 Å². The molecule has 4 saturated carbocycles. The maximum Gasteiger partial charge on any atom is 0.174 e. The van der Waals surface area contributed by atoms with Gasteiger partial charge >= 0.3 is 0 Å². The van der Waals surface area contributed by atoms with Crippen LogP contribution in [0.4, 0.5) is 0 Å². The van der Waals surface area contributed by atoms with Crippen molar-refractivity contribution in [3.8, 4) is 23.0 Å². The highest BCUT2D eigenvalue weighted by Crippen LogP contribution is 2.67. The first-order valence-corrected chi connectivity index (χ1v) is 20.0. The number of benzene rings is 2. The number of carbonyl (C=O) groups is 2. The number of nitrogens with zero attached hydrogens (tertiary/aromatic N) is 2. The van der Waals surface area contributed by atoms with Crippen LogP contribution in [-0.4, -0.2) is 117 Å². The summed E-state index contributed by atoms with van der Waals surface area (Å²) in [6, 6.07) is 7.55. The summed E-state index contributed by atoms with van der Waals surface area (Å²) in [6.45, 7) is 4.18. The number of phenols is 2. The second kappa shape index (κ2) is 11.7. The van der Waals surface area contributed by atoms with Crippen LogP contribution in [0.15, 0.2) is 24.3 Å². The molecule has 2 aromatic carbocycles. The summed E-state index contributed by atoms with van der Waals surface area (Å²) < 4.78 is 14.0. The number of quaternary nitrogens is 2. The number of hydrogen-bond acceptors (Lipinski definition) is 8. The van der Waals surface area contributed by atoms with Gasteiger partial charge in [-0.15, -0.1) is 0 Å². The number of aliphatic hydroxyl groups is 2. The lowest BCUT2D eigenvalue weighted by Crippen LogP contribution is -3.00. The zero-order valence-electron chi connectivity index (χ0n) is 31.2. The van der Waals surface area contributed by atoms with Crippen LogP contribution in [0.25, 0.3) is 0 Å². The minimum atomic E-state index is -0.931. The van der Waals surface area contributed by atoms with Crippen LogP contribution < -0.4 is 43.4 Å². The average Bonchev–Trinajstić information content (AvgIpc) is 4.03. The van der Waals surface area contributed by atoms with E-state index in [1.165, 1.54) is 25.7 Å². The zero-order valence-corrected chi connectivity index (χ0v) is 34.3. The predicted molar refractivity (Wildman–Crippen MR) is 188 cm³/mol. The molecule has 4 bridgehead atoms. The topological polar surface area (TPSA) is 134 Å². The van der Waals surface area contributed by atoms with E-state index < -0.39 is 34.2 Å². The molecular formula is C42H52Br2N2O8. The molecule has 54 heavy (non-hydrogen) atoms. The van der Waals surface area contributed by atoms with Gasteiger partial charge in [0, 0.05) is 61.5 Å². The van der Waals surface area contributed by atoms with Gasteiger partial charge in [0.2, 0.25) is 0 Å². The molecule has 12 rings (SSSR count). The van der Waals surface area contributed by atoms with Gasteiger partial charge in [0.1, 0.15) is 23.3 Å². The molecule has 10 nitrogen and oxygen atoms in total. The Morgan fingerprint density at radius 3 is 1.41 bits per heavy atom. The zero-order chi connectivity index (χ0) is 35.8. The fourth-order valence-electron chi connectivity index (χ4n) is 13.9. The van der Waals surface area contributed by atoms with Gasteiger partial charge in [0.05, 0.1) is 51.1 Å². The van der Waals surface area contributed by atoms with Gasteiger partial charge in [-0.2, -0.15) is 0 Å². The molecule has 6 fully saturated rings. The van der Waals surface area contributed by atoms with Crippen molar-refractivity contribution in [1.82, 2.24) is 0 Å². The molecule has 2 saturated heterocycles. The summed E-state index contributed by atoms with van der Waals surface area (Å²) in [5, 5.41) is 45.1. The van der Waals surface area contributed by atoms with Crippen molar-refractivity contribution < 1.29 is 82.4 Å². The quantitative estimate of drug-likeness (QED) is 0.246. The first-order chi connectivity index (χ1) is 24.8. The highest BCUT2D eigenvalue weighted by Gasteiger charge is 2.78. The lowest BCUT2D eigenvalue weighted by atomic mass is 9.48. The monoisotopic (exact) mass is 870 g/mol. The first-order valence-electron chi connectivity index (χ1n) is 20.0. The number of phenolic OH excluding ortho intramolecular Hbond substituents is 2. The molecule has 10 aliphatic rings. The van der Waals surface area contributed by atoms with Gasteiger partial charge in [-0.25, -0.2) is 0 Å². The Labute approximate surface area is 337 Å². The van der Waals surface area contributed by atoms with Gasteiger partial charge in [0.15, 0.2) is 46.8 Å². The van der Waals surface area contributed by atoms with Crippen LogP contribution in [0.1, 0.15) is 86.5 Å². The fraction of sp³-hybridized carbons (Fsp3) is 0.667. The van der Waals surface area contributed by atoms with E-state index in [0.717, 1.165) is 94.9 Å². The Balaban J connectivity index is 0.000000137. The summed E-state index contributed by atoms with van der Waals surface area (Å²) in [5.41, 5.74) is 0.985. The van der Waals surface area contributed by atoms with Crippen LogP contribution in [-0.2, 0) is 33.3 Å². The number of piperidine rings is 2. The molecular weight excluding hydrogens is 820 g/mol. The second-order valence-electron chi connectivity index (χ2n) is 19.2. The van der Waals surface area contributed by atoms with E-state index in [0.29, 0.717) is 37.2 Å². The molecule has 4 heterocycles. The number of hydrogen-bond donors (Lipinski definition) is 4. The molecule has 4 aliphatic heterocycles. The van der Waals surface area contributed by atoms with E-state index in [9.17, 15) is 30.0 Å². The summed E-state index contributed by atoms with van der Waals surface area (Å²) in [4.78, 5) is 25.6. The van der Waals surface area contributed by atoms with Crippen molar-refractivity contribution in [1.29, 1.82) is 0 Å². The van der Waals surface area contributed by atoms with Crippen LogP contribution in [0.2, 0.25) is 0 Å². The number of likely N-dealkylation sites (N-methyl/N-ethyl adjacent to an activating group) is 2. The maximum absolute atomic E-state index is 12.8. The van der Waals surface area contributed by atoms with E-state index in [2.05, 4.69) is 14.1 Å². The number of ketones is 2. The van der Waals surface area contributed by atoms with E-state index in [-0.39, 0.29) is 69.1 Å². The number of Topliss-reactive ketones (excluding diaryl/α,β-unsaturated/α-hetero) is 2. The molecule has 10 atom stereocenters. The van der Waals surface area contributed by atoms with Crippen LogP contribution in [0.3, 0.4) is 0 Å². The molecule has 292 valence electrons. The Morgan fingerprint density at radius 2 is 1.04 bits per heavy atom. The standard InChI is InChI=1S/2C21H25NO4.2BrH/c2*1-22(11-12-2-3-12)9-8-20-17-13-4-5-14(23)18(17)26-19(20)15(24)6-7-21(20,25)16(22)10-13;;/h2*4-5,12,16,19,25H,2-3,6-11H2,1H3;2*1H/t16?,19?,20-,21?,22+;16?,19?,20-,21?,22-;;/m00../s1. The first kappa shape index (κ1) is 37.4. The van der Waals surface area contributed by atoms with E-state index in [1.54, 1.807) is 12.1 Å². The summed E-state index contributed by atoms with van der Waals surface area (Å²) in [5.74, 6) is 2.84. The number of carbonyl (C=O) groups excluding carboxylic acids is 2. The van der Waals surface area contributed by atoms with Crippen molar-refractivity contribution in [2.45, 2.75) is 123 Å². The van der Waals surface area contributed by atoms with Crippen LogP contribution in [0, 0.1) is 11.8 Å². The van der Waals surface area contributed by atoms with E-state index in [1.807, 2.05) is 12.1 Å². The third kappa shape index (κ3) is 4.42. The van der Waals surface area contributed by atoms with Gasteiger partial charge in [0.25, 0.3) is 0 Å². The van der Waals surface area contributed by atoms with Crippen molar-refractivity contribution in [2.24, 2.45) is 11.8 Å². The molecule has 0 amide bonds. The molecule has 12 heteroatoms. The minimum Gasteiger partial charge on any atom is -1.00 e. The smallest absolute Gasteiger partial charge is 0.174 e. The van der Waals surface area contributed by atoms with Crippen LogP contribution >= 0.6 is 0 Å². The number of likely N-dealkylation sites (tertiary alicyclic amines) is 2.